The van der Waals surface area contributed by atoms with E-state index < -0.39 is 38.7 Å². The van der Waals surface area contributed by atoms with Crippen molar-refractivity contribution in [3.8, 4) is 33.8 Å². The van der Waals surface area contributed by atoms with Crippen LogP contribution in [0.25, 0.3) is 33.8 Å². The lowest BCUT2D eigenvalue weighted by Gasteiger charge is -2.33. The minimum atomic E-state index is -3.26. The van der Waals surface area contributed by atoms with Crippen molar-refractivity contribution in [1.82, 2.24) is 45.2 Å². The number of urea groups is 1. The third-order valence-corrected chi connectivity index (χ3v) is 32.1. The predicted molar refractivity (Wildman–Crippen MR) is 548 cm³/mol. The number of sulfone groups is 2. The summed E-state index contributed by atoms with van der Waals surface area (Å²) in [7, 11) is -2.51. The van der Waals surface area contributed by atoms with E-state index >= 15 is 0 Å². The number of methoxy groups -OCH3 is 3. The van der Waals surface area contributed by atoms with Crippen LogP contribution >= 0.6 is 28.3 Å². The van der Waals surface area contributed by atoms with Gasteiger partial charge in [0.05, 0.1) is 90.7 Å². The number of halogens is 4. The van der Waals surface area contributed by atoms with E-state index in [4.69, 9.17) is 54.9 Å². The number of hydrogen-bond acceptors (Lipinski definition) is 24. The molecular weight excluding hydrogens is 1860 g/mol. The van der Waals surface area contributed by atoms with Gasteiger partial charge in [-0.2, -0.15) is 8.78 Å². The van der Waals surface area contributed by atoms with Gasteiger partial charge in [0.2, 0.25) is 11.9 Å². The fourth-order valence-electron chi connectivity index (χ4n) is 21.6. The molecule has 33 heteroatoms. The average molecular weight is 2000 g/mol. The van der Waals surface area contributed by atoms with E-state index in [0.29, 0.717) is 53.5 Å². The Morgan fingerprint density at radius 3 is 1.26 bits per heavy atom. The van der Waals surface area contributed by atoms with Crippen LogP contribution in [0.5, 0.6) is 0 Å². The number of nitrogens with one attached hydrogen (secondary N) is 4. The van der Waals surface area contributed by atoms with E-state index in [0.717, 1.165) is 193 Å². The summed E-state index contributed by atoms with van der Waals surface area (Å²) in [6.07, 6.45) is 34.5. The van der Waals surface area contributed by atoms with Crippen LogP contribution in [-0.4, -0.2) is 184 Å². The summed E-state index contributed by atoms with van der Waals surface area (Å²) in [5, 5.41) is 31.0. The molecule has 4 spiro atoms. The Bertz CT molecular complexity index is 6080. The van der Waals surface area contributed by atoms with E-state index in [1.807, 2.05) is 50.1 Å². The minimum absolute atomic E-state index is 0. The van der Waals surface area contributed by atoms with Crippen LogP contribution in [0.2, 0.25) is 0 Å². The lowest BCUT2D eigenvalue weighted by Crippen LogP contribution is -2.41. The van der Waals surface area contributed by atoms with Gasteiger partial charge >= 0.3 is 13.1 Å². The van der Waals surface area contributed by atoms with Crippen LogP contribution in [0.15, 0.2) is 160 Å². The Balaban J connectivity index is 0.000000146. The molecule has 2 unspecified atom stereocenters. The van der Waals surface area contributed by atoms with Gasteiger partial charge in [-0.05, 0) is 260 Å². The van der Waals surface area contributed by atoms with Gasteiger partial charge in [0, 0.05) is 167 Å². The molecule has 11 aliphatic rings. The first kappa shape index (κ1) is 103. The van der Waals surface area contributed by atoms with Crippen molar-refractivity contribution in [1.29, 1.82) is 0 Å². The number of benzene rings is 2. The molecule has 10 aromatic rings. The van der Waals surface area contributed by atoms with Crippen molar-refractivity contribution in [3.05, 3.63) is 219 Å². The smallest absolute Gasteiger partial charge is 0.423 e. The number of aromatic nitrogens is 8. The van der Waals surface area contributed by atoms with E-state index in [9.17, 15) is 30.4 Å². The molecule has 0 radical (unpaired) electrons. The van der Waals surface area contributed by atoms with E-state index in [1.165, 1.54) is 169 Å². The zero-order valence-corrected chi connectivity index (χ0v) is 84.5. The Labute approximate surface area is 823 Å². The van der Waals surface area contributed by atoms with Crippen molar-refractivity contribution in [2.45, 2.75) is 251 Å². The molecule has 14 heterocycles. The number of hydrogen-bond donors (Lipinski definition) is 7. The number of amides is 2. The summed E-state index contributed by atoms with van der Waals surface area (Å²) < 4.78 is 88.4. The van der Waals surface area contributed by atoms with Crippen molar-refractivity contribution in [2.24, 2.45) is 5.73 Å². The fraction of sp³-hybridized carbons (Fsp3) is 0.490. The molecule has 26 nitrogen and oxygen atoms in total. The molecule has 6 aliphatic heterocycles. The maximum absolute atomic E-state index is 13.5. The van der Waals surface area contributed by atoms with Gasteiger partial charge in [0.25, 0.3) is 0 Å². The van der Waals surface area contributed by atoms with E-state index in [-0.39, 0.29) is 52.6 Å². The summed E-state index contributed by atoms with van der Waals surface area (Å²) in [5.41, 5.74) is 26.2. The molecule has 5 saturated carbocycles. The number of rotatable bonds is 14. The molecular formula is C104H135BBrClF2N16O10S2. The standard InChI is InChI=1S/C32H39N5O4S.C23H30N4O.C17H18FN3.C11H13BrN2.C8H11NO2S.C7H14O.C6H7BFNO2.ClH.H2/c1-22-26(12-15-29(34-22)36-18-6-7-24(20-36)41-2)27-13-14-28-30(35-27)32(16-4-5-17-32)21-37(28)31(38)33-19-23-8-10-25(11-9-23)42(3,39)40;1-16-18(7-10-21(25-16)27-13-5-6-17(14-27)28-2)19-8-9-20-22(26-19)23(15-24-20)11-3-4-12-23;1-11-12(4-7-15(18)20-11)13-5-6-14-16(21-13)17(10-19-14)8-2-3-9-17;12-9-4-3-8-10(14-9)11(7-13-8)5-1-2-6-11;1-12(10,11)8-4-2-7(6-9)3-5-8;1-8-7-5-3-2-4-6-7;1-4-5(7(10)11)2-3-6(8)9-4;;/h8-15,24H,4-7,16-21H2,1-3H3,(H,33,38);7-10,17,24H,3-6,11-15H2,1-2H3;4-7,19H,2-3,8-10H2,1H3;3-4,13H,1-2,5-7H2;2-5H,6,9H2,1H3;7H,2-6H2,1H3;2-3,10-11H,1H3;2*1H/i;;;;;;;;1+1. The molecule has 5 aliphatic carbocycles. The number of nitrogens with two attached hydrogens (primary N) is 1. The van der Waals surface area contributed by atoms with Crippen LogP contribution in [0.3, 0.4) is 0 Å². The van der Waals surface area contributed by atoms with Crippen LogP contribution < -0.4 is 47.2 Å². The maximum Gasteiger partial charge on any atom is 0.490 e. The first-order valence-corrected chi connectivity index (χ1v) is 52.9. The molecule has 21 rings (SSSR count). The van der Waals surface area contributed by atoms with Gasteiger partial charge in [-0.25, -0.2) is 61.5 Å². The lowest BCUT2D eigenvalue weighted by molar-refractivity contribution is 0.0710. The van der Waals surface area contributed by atoms with Gasteiger partial charge in [0.1, 0.15) is 16.2 Å². The van der Waals surface area contributed by atoms with Gasteiger partial charge < -0.3 is 61.1 Å². The molecule has 2 amide bonds. The number of carbonyl (C=O) groups is 1. The molecule has 2 atom stereocenters. The molecule has 7 fully saturated rings. The third kappa shape index (κ3) is 24.5. The Kier molecular flexibility index (Phi) is 34.4. The molecule has 734 valence electrons. The number of fused-ring (bicyclic) bond motifs is 8. The Morgan fingerprint density at radius 2 is 0.854 bits per heavy atom. The highest BCUT2D eigenvalue weighted by atomic mass is 79.9. The zero-order valence-electron chi connectivity index (χ0n) is 80.4. The average Bonchev–Trinajstić information content (AvgIpc) is 1.58. The first-order chi connectivity index (χ1) is 65.4. The number of anilines is 6. The topological polar surface area (TPSA) is 340 Å². The van der Waals surface area contributed by atoms with Crippen LogP contribution in [0.1, 0.15) is 219 Å². The molecule has 8 N–H and O–H groups in total. The predicted octanol–water partition coefficient (Wildman–Crippen LogP) is 18.6. The van der Waals surface area contributed by atoms with Gasteiger partial charge in [0.15, 0.2) is 19.7 Å². The highest BCUT2D eigenvalue weighted by molar-refractivity contribution is 9.10. The third-order valence-electron chi connectivity index (χ3n) is 29.4. The zero-order chi connectivity index (χ0) is 96.1. The maximum atomic E-state index is 13.5. The summed E-state index contributed by atoms with van der Waals surface area (Å²) >= 11 is 3.46. The second kappa shape index (κ2) is 45.7. The van der Waals surface area contributed by atoms with E-state index in [1.54, 1.807) is 68.8 Å². The number of carbonyl (C=O) groups excluding carboxylic acids is 1. The Morgan fingerprint density at radius 1 is 0.467 bits per heavy atom. The second-order valence-corrected chi connectivity index (χ2v) is 43.4. The van der Waals surface area contributed by atoms with Crippen molar-refractivity contribution < 1.29 is 56.1 Å². The molecule has 8 aromatic heterocycles. The molecule has 0 bridgehead atoms. The van der Waals surface area contributed by atoms with Gasteiger partial charge in [-0.15, -0.1) is 12.4 Å². The summed E-state index contributed by atoms with van der Waals surface area (Å²) in [5.74, 6) is 0.969. The normalized spacial score (nSPS) is 19.1. The largest absolute Gasteiger partial charge is 0.490 e. The van der Waals surface area contributed by atoms with Crippen LogP contribution in [-0.2, 0) is 68.6 Å². The lowest BCUT2D eigenvalue weighted by atomic mass is 9.79. The van der Waals surface area contributed by atoms with Crippen molar-refractivity contribution in [3.63, 3.8) is 0 Å². The summed E-state index contributed by atoms with van der Waals surface area (Å²) in [4.78, 5) is 57.7. The summed E-state index contributed by atoms with van der Waals surface area (Å²) in [6.45, 7) is 15.8. The van der Waals surface area contributed by atoms with Gasteiger partial charge in [-0.3, -0.25) is 4.90 Å². The SMILES string of the molecule is Brc1ccc2c(n1)C1(CCCC1)CN2.COC1CCCCC1.COC1CCCN(c2ccc(-c3ccc4c(n3)C3(CCCC3)CN4)c(C)n2)C1.COC1CCCN(c2ccc(-c3ccc4c(n3)C3(CCCC3)CN4C(=O)NCc3ccc(S(C)(=O)=O)cc3)c(C)n2)C1.CS(=O)(=O)c1ccc(CN)cc1.Cc1nc(F)ccc1-c1ccc2c(n1)C1(CCCC1)CN2.Cc1nc(F)ccc1B(O)O.Cl.[2HH]. The molecule has 137 heavy (non-hydrogen) atoms. The van der Waals surface area contributed by atoms with E-state index in [2.05, 4.69) is 117 Å². The quantitative estimate of drug-likeness (QED) is 0.0393. The first-order valence-electron chi connectivity index (χ1n) is 48.4. The number of aryl methyl sites for hydroxylation is 4. The highest BCUT2D eigenvalue weighted by Crippen LogP contribution is 2.53. The number of nitrogens with zero attached hydrogens (tertiary/aromatic N) is 11. The minimum Gasteiger partial charge on any atom is -0.423 e. The fourth-order valence-corrected chi connectivity index (χ4v) is 23.2. The molecule has 2 saturated heterocycles. The monoisotopic (exact) mass is 2000 g/mol. The van der Waals surface area contributed by atoms with Crippen molar-refractivity contribution >= 4 is 101 Å². The van der Waals surface area contributed by atoms with Crippen LogP contribution in [0.4, 0.5) is 48.0 Å². The second-order valence-electron chi connectivity index (χ2n) is 38.5. The molecule has 2 aromatic carbocycles. The summed E-state index contributed by atoms with van der Waals surface area (Å²) in [6, 6.07) is 43.8. The van der Waals surface area contributed by atoms with Crippen molar-refractivity contribution in [2.75, 3.05) is 117 Å². The van der Waals surface area contributed by atoms with Crippen LogP contribution in [0, 0.1) is 39.6 Å². The number of pyridine rings is 8. The number of ether oxygens (including phenoxy) is 3. The highest BCUT2D eigenvalue weighted by Gasteiger charge is 2.49. The van der Waals surface area contributed by atoms with Gasteiger partial charge in [-0.1, -0.05) is 101 Å². The Hall–Kier alpha value is -9.74. The number of piperidine rings is 2.